The van der Waals surface area contributed by atoms with Crippen molar-refractivity contribution in [2.24, 2.45) is 0 Å². The van der Waals surface area contributed by atoms with Crippen LogP contribution in [0.15, 0.2) is 47.4 Å². The van der Waals surface area contributed by atoms with Crippen LogP contribution in [0.3, 0.4) is 0 Å². The second-order valence-corrected chi connectivity index (χ2v) is 8.36. The normalized spacial score (nSPS) is 19.5. The van der Waals surface area contributed by atoms with E-state index in [9.17, 15) is 26.9 Å². The fourth-order valence-electron chi connectivity index (χ4n) is 2.68. The number of aromatic hydroxyl groups is 1. The number of β-amino-alcohol motifs (C(OH)–C–C–N with tert-alkyl or cyclic N) is 1. The first-order chi connectivity index (χ1) is 15.0. The number of phenolic OH excluding ortho intramolecular Hbond substituents is 1. The Labute approximate surface area is 183 Å². The maximum Gasteiger partial charge on any atom is 0.422 e. The van der Waals surface area contributed by atoms with E-state index in [4.69, 9.17) is 15.5 Å². The molecule has 0 aromatic heterocycles. The lowest BCUT2D eigenvalue weighted by atomic mass is 10.1. The van der Waals surface area contributed by atoms with Crippen molar-refractivity contribution >= 4 is 11.0 Å². The lowest BCUT2D eigenvalue weighted by Crippen LogP contribution is -2.37. The minimum atomic E-state index is -4.58. The molecule has 1 saturated heterocycles. The molecular formula is C20H20F4N2O5S. The molecule has 2 aromatic carbocycles. The van der Waals surface area contributed by atoms with Crippen LogP contribution in [0.1, 0.15) is 12.0 Å². The molecule has 1 aliphatic rings. The number of hydrogen-bond acceptors (Lipinski definition) is 6. The monoisotopic (exact) mass is 476 g/mol. The van der Waals surface area contributed by atoms with Crippen molar-refractivity contribution < 1.29 is 41.8 Å². The topological polar surface area (TPSA) is 114 Å². The number of alkyl halides is 3. The molecule has 174 valence electrons. The van der Waals surface area contributed by atoms with Gasteiger partial charge in [0.15, 0.2) is 18.1 Å². The summed E-state index contributed by atoms with van der Waals surface area (Å²) in [5, 5.41) is 36.3. The van der Waals surface area contributed by atoms with E-state index in [1.165, 1.54) is 6.07 Å². The highest BCUT2D eigenvalue weighted by Gasteiger charge is 2.38. The predicted octanol–water partition coefficient (Wildman–Crippen LogP) is 2.48. The standard InChI is InChI=1S/C11H15NO3S.C9H5F4NO2/c13-9-11(14)6-7-12(8-11)16(15)10-4-2-1-3-5-10;10-6-2-7(15)8(1-5(6)3-14)16-4-9(11,12)13/h1-5,13-14H,6-9H2;1-2,15H,4H2. The van der Waals surface area contributed by atoms with Crippen LogP contribution in [0.5, 0.6) is 11.5 Å². The summed E-state index contributed by atoms with van der Waals surface area (Å²) < 4.78 is 66.2. The third kappa shape index (κ3) is 7.16. The van der Waals surface area contributed by atoms with Crippen LogP contribution in [0.25, 0.3) is 0 Å². The Kier molecular flexibility index (Phi) is 8.57. The van der Waals surface area contributed by atoms with Gasteiger partial charge < -0.3 is 20.1 Å². The first-order valence-electron chi connectivity index (χ1n) is 9.15. The van der Waals surface area contributed by atoms with Gasteiger partial charge in [-0.25, -0.2) is 12.9 Å². The van der Waals surface area contributed by atoms with Crippen LogP contribution in [0.2, 0.25) is 0 Å². The number of aliphatic hydroxyl groups is 2. The SMILES string of the molecule is N#Cc1cc(OCC(F)(F)F)c(O)cc1F.O=S(c1ccccc1)N1CCC(O)(CO)C1. The maximum absolute atomic E-state index is 12.8. The number of ether oxygens (including phenoxy) is 1. The number of aliphatic hydroxyl groups excluding tert-OH is 1. The summed E-state index contributed by atoms with van der Waals surface area (Å²) in [4.78, 5) is 0.727. The van der Waals surface area contributed by atoms with Crippen LogP contribution in [-0.4, -0.2) is 61.9 Å². The lowest BCUT2D eigenvalue weighted by Gasteiger charge is -2.20. The van der Waals surface area contributed by atoms with Gasteiger partial charge in [0, 0.05) is 25.2 Å². The molecular weight excluding hydrogens is 456 g/mol. The Morgan fingerprint density at radius 3 is 2.44 bits per heavy atom. The smallest absolute Gasteiger partial charge is 0.422 e. The van der Waals surface area contributed by atoms with Crippen LogP contribution >= 0.6 is 0 Å². The number of benzene rings is 2. The molecule has 3 N–H and O–H groups in total. The second-order valence-electron chi connectivity index (χ2n) is 6.87. The van der Waals surface area contributed by atoms with Gasteiger partial charge in [-0.15, -0.1) is 0 Å². The van der Waals surface area contributed by atoms with Gasteiger partial charge in [-0.1, -0.05) is 18.2 Å². The number of rotatable bonds is 5. The van der Waals surface area contributed by atoms with Crippen molar-refractivity contribution in [3.05, 3.63) is 53.8 Å². The van der Waals surface area contributed by atoms with Gasteiger partial charge in [0.05, 0.1) is 17.1 Å². The molecule has 0 amide bonds. The molecule has 0 bridgehead atoms. The van der Waals surface area contributed by atoms with E-state index in [0.717, 1.165) is 4.90 Å². The molecule has 12 heteroatoms. The first-order valence-corrected chi connectivity index (χ1v) is 10.3. The Hall–Kier alpha value is -2.72. The molecule has 0 aliphatic carbocycles. The van der Waals surface area contributed by atoms with E-state index in [-0.39, 0.29) is 13.2 Å². The number of phenols is 1. The quantitative estimate of drug-likeness (QED) is 0.572. The van der Waals surface area contributed by atoms with Gasteiger partial charge in [0.2, 0.25) is 0 Å². The zero-order valence-corrected chi connectivity index (χ0v) is 17.4. The second kappa shape index (κ2) is 10.7. The molecule has 7 nitrogen and oxygen atoms in total. The third-order valence-electron chi connectivity index (χ3n) is 4.33. The number of halogens is 4. The summed E-state index contributed by atoms with van der Waals surface area (Å²) in [6.45, 7) is -1.11. The van der Waals surface area contributed by atoms with Crippen LogP contribution in [0, 0.1) is 17.1 Å². The highest BCUT2D eigenvalue weighted by Crippen LogP contribution is 2.30. The minimum Gasteiger partial charge on any atom is -0.504 e. The zero-order valence-electron chi connectivity index (χ0n) is 16.5. The molecule has 1 heterocycles. The first kappa shape index (κ1) is 25.5. The molecule has 0 radical (unpaired) electrons. The van der Waals surface area contributed by atoms with E-state index < -0.39 is 52.2 Å². The Bertz CT molecular complexity index is 984. The van der Waals surface area contributed by atoms with E-state index in [1.807, 2.05) is 18.2 Å². The number of nitriles is 1. The zero-order chi connectivity index (χ0) is 23.9. The summed E-state index contributed by atoms with van der Waals surface area (Å²) in [5.74, 6) is -2.41. The molecule has 2 atom stereocenters. The van der Waals surface area contributed by atoms with Gasteiger partial charge in [0.1, 0.15) is 28.5 Å². The fraction of sp³-hybridized carbons (Fsp3) is 0.350. The van der Waals surface area contributed by atoms with Crippen LogP contribution < -0.4 is 4.74 Å². The van der Waals surface area contributed by atoms with Crippen molar-refractivity contribution in [1.29, 1.82) is 5.26 Å². The molecule has 2 unspecified atom stereocenters. The molecule has 0 saturated carbocycles. The van der Waals surface area contributed by atoms with Crippen LogP contribution in [-0.2, 0) is 11.0 Å². The fourth-order valence-corrected chi connectivity index (χ4v) is 3.98. The van der Waals surface area contributed by atoms with E-state index in [1.54, 1.807) is 16.4 Å². The van der Waals surface area contributed by atoms with Crippen molar-refractivity contribution in [3.8, 4) is 17.6 Å². The third-order valence-corrected chi connectivity index (χ3v) is 5.79. The molecule has 1 aliphatic heterocycles. The van der Waals surface area contributed by atoms with Gasteiger partial charge >= 0.3 is 6.18 Å². The number of hydrogen-bond donors (Lipinski definition) is 3. The Morgan fingerprint density at radius 1 is 1.25 bits per heavy atom. The number of nitrogens with zero attached hydrogens (tertiary/aromatic N) is 2. The van der Waals surface area contributed by atoms with E-state index >= 15 is 0 Å². The molecule has 2 aromatic rings. The van der Waals surface area contributed by atoms with Crippen LogP contribution in [0.4, 0.5) is 17.6 Å². The lowest BCUT2D eigenvalue weighted by molar-refractivity contribution is -0.153. The van der Waals surface area contributed by atoms with Gasteiger partial charge in [-0.05, 0) is 18.6 Å². The van der Waals surface area contributed by atoms with Crippen molar-refractivity contribution in [3.63, 3.8) is 0 Å². The van der Waals surface area contributed by atoms with Gasteiger partial charge in [-0.3, -0.25) is 0 Å². The van der Waals surface area contributed by atoms with E-state index in [0.29, 0.717) is 25.1 Å². The van der Waals surface area contributed by atoms with Crippen molar-refractivity contribution in [1.82, 2.24) is 4.31 Å². The maximum atomic E-state index is 12.8. The van der Waals surface area contributed by atoms with Gasteiger partial charge in [-0.2, -0.15) is 18.4 Å². The Morgan fingerprint density at radius 2 is 1.91 bits per heavy atom. The average molecular weight is 476 g/mol. The predicted molar refractivity (Wildman–Crippen MR) is 105 cm³/mol. The molecule has 3 rings (SSSR count). The highest BCUT2D eigenvalue weighted by molar-refractivity contribution is 7.82. The summed E-state index contributed by atoms with van der Waals surface area (Å²) in [6, 6.07) is 11.8. The summed E-state index contributed by atoms with van der Waals surface area (Å²) >= 11 is 0. The van der Waals surface area contributed by atoms with Gasteiger partial charge in [0.25, 0.3) is 0 Å². The summed E-state index contributed by atoms with van der Waals surface area (Å²) in [5.41, 5.74) is -1.60. The summed E-state index contributed by atoms with van der Waals surface area (Å²) in [7, 11) is -1.24. The Balaban J connectivity index is 0.000000227. The van der Waals surface area contributed by atoms with Crippen molar-refractivity contribution in [2.75, 3.05) is 26.3 Å². The highest BCUT2D eigenvalue weighted by atomic mass is 32.2. The average Bonchev–Trinajstić information content (AvgIpc) is 3.16. The molecule has 0 spiro atoms. The van der Waals surface area contributed by atoms with E-state index in [2.05, 4.69) is 4.74 Å². The summed E-state index contributed by atoms with van der Waals surface area (Å²) in [6.07, 6.45) is -4.12. The minimum absolute atomic E-state index is 0.255. The van der Waals surface area contributed by atoms with Crippen molar-refractivity contribution in [2.45, 2.75) is 23.1 Å². The largest absolute Gasteiger partial charge is 0.504 e. The molecule has 1 fully saturated rings. The molecule has 32 heavy (non-hydrogen) atoms.